The molecule has 1 heterocycles. The molecule has 3 aromatic rings. The van der Waals surface area contributed by atoms with E-state index in [4.69, 9.17) is 4.74 Å². The van der Waals surface area contributed by atoms with Crippen molar-refractivity contribution in [3.63, 3.8) is 0 Å². The maximum atomic E-state index is 12.2. The second-order valence-corrected chi connectivity index (χ2v) is 6.93. The van der Waals surface area contributed by atoms with Crippen molar-refractivity contribution < 1.29 is 9.53 Å². The molecule has 3 nitrogen and oxygen atoms in total. The second kappa shape index (κ2) is 6.72. The SMILES string of the molecule is O=C1Nc2ccc(I)cc2C1=Cc1ccc(Oc2ccccc2)cc1. The third-order valence-corrected chi connectivity index (χ3v) is 4.61. The minimum absolute atomic E-state index is 0.0680. The maximum absolute atomic E-state index is 12.2. The van der Waals surface area contributed by atoms with Gasteiger partial charge in [-0.1, -0.05) is 30.3 Å². The molecule has 0 aliphatic carbocycles. The van der Waals surface area contributed by atoms with Gasteiger partial charge >= 0.3 is 0 Å². The van der Waals surface area contributed by atoms with Crippen LogP contribution < -0.4 is 10.1 Å². The van der Waals surface area contributed by atoms with Gasteiger partial charge in [0, 0.05) is 20.4 Å². The summed E-state index contributed by atoms with van der Waals surface area (Å²) in [7, 11) is 0. The van der Waals surface area contributed by atoms with Crippen molar-refractivity contribution in [3.8, 4) is 11.5 Å². The molecule has 0 atom stereocenters. The zero-order chi connectivity index (χ0) is 17.2. The highest BCUT2D eigenvalue weighted by atomic mass is 127. The summed E-state index contributed by atoms with van der Waals surface area (Å²) in [6, 6.07) is 23.3. The quantitative estimate of drug-likeness (QED) is 0.428. The Kier molecular flexibility index (Phi) is 4.28. The number of nitrogens with one attached hydrogen (secondary N) is 1. The number of rotatable bonds is 3. The molecule has 1 aliphatic heterocycles. The zero-order valence-corrected chi connectivity index (χ0v) is 15.4. The van der Waals surface area contributed by atoms with Crippen molar-refractivity contribution >= 4 is 45.8 Å². The van der Waals surface area contributed by atoms with Crippen LogP contribution in [-0.2, 0) is 4.79 Å². The molecule has 1 N–H and O–H groups in total. The van der Waals surface area contributed by atoms with Gasteiger partial charge in [-0.3, -0.25) is 4.79 Å². The van der Waals surface area contributed by atoms with Crippen molar-refractivity contribution in [1.29, 1.82) is 0 Å². The van der Waals surface area contributed by atoms with E-state index in [1.807, 2.05) is 78.9 Å². The highest BCUT2D eigenvalue weighted by Gasteiger charge is 2.23. The van der Waals surface area contributed by atoms with Gasteiger partial charge in [0.2, 0.25) is 0 Å². The molecule has 1 aliphatic rings. The molecule has 0 spiro atoms. The Bertz CT molecular complexity index is 963. The molecule has 1 amide bonds. The molecule has 0 saturated heterocycles. The normalized spacial score (nSPS) is 14.3. The van der Waals surface area contributed by atoms with Crippen molar-refractivity contribution in [2.45, 2.75) is 0 Å². The molecule has 3 aromatic carbocycles. The fraction of sp³-hybridized carbons (Fsp3) is 0. The van der Waals surface area contributed by atoms with E-state index in [0.29, 0.717) is 5.57 Å². The summed E-state index contributed by atoms with van der Waals surface area (Å²) in [5.74, 6) is 1.49. The second-order valence-electron chi connectivity index (χ2n) is 5.69. The molecular formula is C21H14INO2. The molecule has 4 rings (SSSR count). The van der Waals surface area contributed by atoms with E-state index < -0.39 is 0 Å². The Labute approximate surface area is 159 Å². The van der Waals surface area contributed by atoms with E-state index in [0.717, 1.165) is 31.9 Å². The fourth-order valence-corrected chi connectivity index (χ4v) is 3.22. The molecule has 0 saturated carbocycles. The van der Waals surface area contributed by atoms with E-state index >= 15 is 0 Å². The number of hydrogen-bond donors (Lipinski definition) is 1. The predicted octanol–water partition coefficient (Wildman–Crippen LogP) is 5.58. The number of amides is 1. The average molecular weight is 439 g/mol. The number of ether oxygens (including phenoxy) is 1. The lowest BCUT2D eigenvalue weighted by molar-refractivity contribution is -0.110. The number of carbonyl (C=O) groups is 1. The van der Waals surface area contributed by atoms with Crippen LogP contribution in [0.2, 0.25) is 0 Å². The number of fused-ring (bicyclic) bond motifs is 1. The van der Waals surface area contributed by atoms with Crippen LogP contribution in [0, 0.1) is 3.57 Å². The fourth-order valence-electron chi connectivity index (χ4n) is 2.73. The van der Waals surface area contributed by atoms with Gasteiger partial charge in [-0.05, 0) is 76.7 Å². The molecule has 25 heavy (non-hydrogen) atoms. The van der Waals surface area contributed by atoms with Gasteiger partial charge in [0.15, 0.2) is 0 Å². The Morgan fingerprint density at radius 2 is 1.60 bits per heavy atom. The zero-order valence-electron chi connectivity index (χ0n) is 13.2. The van der Waals surface area contributed by atoms with E-state index in [1.54, 1.807) is 0 Å². The van der Waals surface area contributed by atoms with E-state index in [2.05, 4.69) is 27.9 Å². The molecule has 0 aromatic heterocycles. The van der Waals surface area contributed by atoms with Crippen LogP contribution in [0.1, 0.15) is 11.1 Å². The molecule has 122 valence electrons. The van der Waals surface area contributed by atoms with Gasteiger partial charge in [0.25, 0.3) is 5.91 Å². The monoisotopic (exact) mass is 439 g/mol. The molecule has 0 unspecified atom stereocenters. The largest absolute Gasteiger partial charge is 0.457 e. The first kappa shape index (κ1) is 15.9. The number of benzene rings is 3. The average Bonchev–Trinajstić information content (AvgIpc) is 2.93. The number of hydrogen-bond acceptors (Lipinski definition) is 2. The Morgan fingerprint density at radius 1 is 0.880 bits per heavy atom. The Balaban J connectivity index is 1.60. The summed E-state index contributed by atoms with van der Waals surface area (Å²) in [5, 5.41) is 2.90. The predicted molar refractivity (Wildman–Crippen MR) is 109 cm³/mol. The van der Waals surface area contributed by atoms with Crippen molar-refractivity contribution in [2.24, 2.45) is 0 Å². The Hall–Kier alpha value is -2.60. The summed E-state index contributed by atoms with van der Waals surface area (Å²) in [5.41, 5.74) is 3.45. The topological polar surface area (TPSA) is 38.3 Å². The lowest BCUT2D eigenvalue weighted by atomic mass is 10.0. The minimum atomic E-state index is -0.0680. The van der Waals surface area contributed by atoms with Crippen LogP contribution in [-0.4, -0.2) is 5.91 Å². The van der Waals surface area contributed by atoms with Crippen LogP contribution in [0.3, 0.4) is 0 Å². The van der Waals surface area contributed by atoms with Crippen molar-refractivity contribution in [3.05, 3.63) is 87.5 Å². The molecule has 0 fully saturated rings. The summed E-state index contributed by atoms with van der Waals surface area (Å²) in [4.78, 5) is 12.2. The van der Waals surface area contributed by atoms with Crippen LogP contribution in [0.25, 0.3) is 11.6 Å². The summed E-state index contributed by atoms with van der Waals surface area (Å²) >= 11 is 2.25. The maximum Gasteiger partial charge on any atom is 0.256 e. The van der Waals surface area contributed by atoms with Crippen molar-refractivity contribution in [2.75, 3.05) is 5.32 Å². The van der Waals surface area contributed by atoms with Gasteiger partial charge in [0.1, 0.15) is 11.5 Å². The summed E-state index contributed by atoms with van der Waals surface area (Å²) in [6.45, 7) is 0. The number of para-hydroxylation sites is 1. The van der Waals surface area contributed by atoms with Crippen LogP contribution in [0.5, 0.6) is 11.5 Å². The smallest absolute Gasteiger partial charge is 0.256 e. The van der Waals surface area contributed by atoms with Crippen LogP contribution in [0.4, 0.5) is 5.69 Å². The number of anilines is 1. The first-order chi connectivity index (χ1) is 12.2. The van der Waals surface area contributed by atoms with Crippen LogP contribution in [0.15, 0.2) is 72.8 Å². The van der Waals surface area contributed by atoms with Gasteiger partial charge in [-0.2, -0.15) is 0 Å². The van der Waals surface area contributed by atoms with Gasteiger partial charge in [-0.15, -0.1) is 0 Å². The molecular weight excluding hydrogens is 425 g/mol. The van der Waals surface area contributed by atoms with Gasteiger partial charge in [-0.25, -0.2) is 0 Å². The van der Waals surface area contributed by atoms with Gasteiger partial charge < -0.3 is 10.1 Å². The van der Waals surface area contributed by atoms with E-state index in [9.17, 15) is 4.79 Å². The van der Waals surface area contributed by atoms with Gasteiger partial charge in [0.05, 0.1) is 0 Å². The van der Waals surface area contributed by atoms with Crippen molar-refractivity contribution in [1.82, 2.24) is 0 Å². The molecule has 4 heteroatoms. The third kappa shape index (κ3) is 3.44. The van der Waals surface area contributed by atoms with E-state index in [-0.39, 0.29) is 5.91 Å². The van der Waals surface area contributed by atoms with Crippen LogP contribution >= 0.6 is 22.6 Å². The number of halogens is 1. The molecule has 0 radical (unpaired) electrons. The Morgan fingerprint density at radius 3 is 2.36 bits per heavy atom. The minimum Gasteiger partial charge on any atom is -0.457 e. The lowest BCUT2D eigenvalue weighted by Gasteiger charge is -2.05. The summed E-state index contributed by atoms with van der Waals surface area (Å²) < 4.78 is 6.90. The van der Waals surface area contributed by atoms with E-state index in [1.165, 1.54) is 0 Å². The highest BCUT2D eigenvalue weighted by Crippen LogP contribution is 2.34. The molecule has 0 bridgehead atoms. The summed E-state index contributed by atoms with van der Waals surface area (Å²) in [6.07, 6.45) is 1.91. The first-order valence-electron chi connectivity index (χ1n) is 7.85. The lowest BCUT2D eigenvalue weighted by Crippen LogP contribution is -2.03. The number of carbonyl (C=O) groups excluding carboxylic acids is 1. The standard InChI is InChI=1S/C21H14INO2/c22-15-8-11-20-18(13-15)19(21(24)23-20)12-14-6-9-17(10-7-14)25-16-4-2-1-3-5-16/h1-13H,(H,23,24). The third-order valence-electron chi connectivity index (χ3n) is 3.93. The highest BCUT2D eigenvalue weighted by molar-refractivity contribution is 14.1. The first-order valence-corrected chi connectivity index (χ1v) is 8.93.